The van der Waals surface area contributed by atoms with Gasteiger partial charge in [0.25, 0.3) is 0 Å². The summed E-state index contributed by atoms with van der Waals surface area (Å²) in [6.07, 6.45) is 0. The van der Waals surface area contributed by atoms with Gasteiger partial charge in [0.05, 0.1) is 5.56 Å². The number of nitrogens with two attached hydrogens (primary N) is 1. The van der Waals surface area contributed by atoms with Crippen LogP contribution in [0, 0.1) is 13.8 Å². The number of nitrogens with zero attached hydrogens (tertiary/aromatic N) is 1. The first-order chi connectivity index (χ1) is 8.65. The first kappa shape index (κ1) is 10.8. The van der Waals surface area contributed by atoms with Crippen molar-refractivity contribution in [2.45, 2.75) is 13.8 Å². The number of nitrogen functional groups attached to an aromatic ring is 1. The predicted molar refractivity (Wildman–Crippen MR) is 73.3 cm³/mol. The lowest BCUT2D eigenvalue weighted by Crippen LogP contribution is -1.92. The topological polar surface area (TPSA) is 52.0 Å². The molecule has 2 aromatic carbocycles. The summed E-state index contributed by atoms with van der Waals surface area (Å²) in [5.41, 5.74) is 11.5. The highest BCUT2D eigenvalue weighted by Gasteiger charge is 2.13. The van der Waals surface area contributed by atoms with Crippen molar-refractivity contribution in [1.29, 1.82) is 0 Å². The number of rotatable bonds is 1. The molecule has 1 heterocycles. The van der Waals surface area contributed by atoms with Gasteiger partial charge in [-0.05, 0) is 43.2 Å². The number of aryl methyl sites for hydroxylation is 2. The Labute approximate surface area is 105 Å². The number of oxazole rings is 1. The van der Waals surface area contributed by atoms with Gasteiger partial charge in [-0.3, -0.25) is 0 Å². The average Bonchev–Trinajstić information content (AvgIpc) is 2.71. The van der Waals surface area contributed by atoms with E-state index in [2.05, 4.69) is 4.98 Å². The Morgan fingerprint density at radius 2 is 1.94 bits per heavy atom. The summed E-state index contributed by atoms with van der Waals surface area (Å²) >= 11 is 0. The minimum Gasteiger partial charge on any atom is -0.436 e. The summed E-state index contributed by atoms with van der Waals surface area (Å²) in [4.78, 5) is 4.50. The summed E-state index contributed by atoms with van der Waals surface area (Å²) in [5.74, 6) is 0.589. The van der Waals surface area contributed by atoms with Crippen LogP contribution in [0.2, 0.25) is 0 Å². The molecule has 18 heavy (non-hydrogen) atoms. The summed E-state index contributed by atoms with van der Waals surface area (Å²) in [6, 6.07) is 11.8. The first-order valence-electron chi connectivity index (χ1n) is 5.88. The van der Waals surface area contributed by atoms with E-state index in [9.17, 15) is 0 Å². The molecule has 90 valence electrons. The second kappa shape index (κ2) is 3.88. The number of anilines is 1. The Morgan fingerprint density at radius 3 is 2.72 bits per heavy atom. The van der Waals surface area contributed by atoms with Gasteiger partial charge in [-0.25, -0.2) is 4.98 Å². The van der Waals surface area contributed by atoms with Crippen LogP contribution in [0.3, 0.4) is 0 Å². The minimum atomic E-state index is 0.589. The van der Waals surface area contributed by atoms with Crippen molar-refractivity contribution >= 4 is 16.8 Å². The van der Waals surface area contributed by atoms with Crippen molar-refractivity contribution in [1.82, 2.24) is 4.98 Å². The van der Waals surface area contributed by atoms with Crippen molar-refractivity contribution in [3.05, 3.63) is 47.5 Å². The fourth-order valence-corrected chi connectivity index (χ4v) is 2.12. The molecular weight excluding hydrogens is 224 g/mol. The molecule has 3 nitrogen and oxygen atoms in total. The van der Waals surface area contributed by atoms with Crippen LogP contribution in [0.5, 0.6) is 0 Å². The monoisotopic (exact) mass is 238 g/mol. The van der Waals surface area contributed by atoms with Crippen LogP contribution in [0.25, 0.3) is 22.6 Å². The Bertz CT molecular complexity index is 708. The standard InChI is InChI=1S/C15H14N2O/c1-9-6-7-12-13(8-9)18-15(17-12)14-10(2)4-3-5-11(14)16/h3-8H,16H2,1-2H3. The van der Waals surface area contributed by atoms with Crippen molar-refractivity contribution in [2.24, 2.45) is 0 Å². The molecule has 0 fully saturated rings. The molecule has 0 saturated carbocycles. The maximum atomic E-state index is 6.01. The number of hydrogen-bond acceptors (Lipinski definition) is 3. The fraction of sp³-hybridized carbons (Fsp3) is 0.133. The molecule has 0 bridgehead atoms. The second-order valence-corrected chi connectivity index (χ2v) is 4.53. The van der Waals surface area contributed by atoms with E-state index in [1.807, 2.05) is 50.2 Å². The van der Waals surface area contributed by atoms with Gasteiger partial charge in [0.2, 0.25) is 5.89 Å². The van der Waals surface area contributed by atoms with Gasteiger partial charge in [-0.1, -0.05) is 18.2 Å². The lowest BCUT2D eigenvalue weighted by molar-refractivity contribution is 0.619. The zero-order valence-electron chi connectivity index (χ0n) is 10.4. The van der Waals surface area contributed by atoms with Crippen molar-refractivity contribution < 1.29 is 4.42 Å². The molecule has 0 radical (unpaired) electrons. The lowest BCUT2D eigenvalue weighted by atomic mass is 10.1. The third-order valence-corrected chi connectivity index (χ3v) is 3.06. The summed E-state index contributed by atoms with van der Waals surface area (Å²) in [5, 5.41) is 0. The van der Waals surface area contributed by atoms with Gasteiger partial charge < -0.3 is 10.2 Å². The maximum Gasteiger partial charge on any atom is 0.229 e. The molecule has 0 spiro atoms. The van der Waals surface area contributed by atoms with Gasteiger partial charge in [-0.15, -0.1) is 0 Å². The predicted octanol–water partition coefficient (Wildman–Crippen LogP) is 3.69. The summed E-state index contributed by atoms with van der Waals surface area (Å²) < 4.78 is 5.81. The van der Waals surface area contributed by atoms with Crippen LogP contribution in [-0.2, 0) is 0 Å². The molecule has 3 aromatic rings. The van der Waals surface area contributed by atoms with Gasteiger partial charge in [0.15, 0.2) is 5.58 Å². The quantitative estimate of drug-likeness (QED) is 0.658. The molecule has 3 rings (SSSR count). The molecule has 0 unspecified atom stereocenters. The van der Waals surface area contributed by atoms with Crippen molar-refractivity contribution in [3.63, 3.8) is 0 Å². The van der Waals surface area contributed by atoms with Gasteiger partial charge in [-0.2, -0.15) is 0 Å². The number of fused-ring (bicyclic) bond motifs is 1. The van der Waals surface area contributed by atoms with Crippen LogP contribution in [0.4, 0.5) is 5.69 Å². The van der Waals surface area contributed by atoms with E-state index in [4.69, 9.17) is 10.2 Å². The minimum absolute atomic E-state index is 0.589. The molecule has 0 atom stereocenters. The molecule has 0 saturated heterocycles. The lowest BCUT2D eigenvalue weighted by Gasteiger charge is -2.04. The molecule has 0 amide bonds. The van der Waals surface area contributed by atoms with E-state index in [0.717, 1.165) is 27.8 Å². The van der Waals surface area contributed by atoms with Crippen molar-refractivity contribution in [3.8, 4) is 11.5 Å². The third-order valence-electron chi connectivity index (χ3n) is 3.06. The zero-order chi connectivity index (χ0) is 12.7. The summed E-state index contributed by atoms with van der Waals surface area (Å²) in [6.45, 7) is 4.04. The Kier molecular flexibility index (Phi) is 2.33. The molecular formula is C15H14N2O. The Hall–Kier alpha value is -2.29. The summed E-state index contributed by atoms with van der Waals surface area (Å²) in [7, 11) is 0. The van der Waals surface area contributed by atoms with Crippen LogP contribution in [0.15, 0.2) is 40.8 Å². The smallest absolute Gasteiger partial charge is 0.229 e. The molecule has 2 N–H and O–H groups in total. The largest absolute Gasteiger partial charge is 0.436 e. The van der Waals surface area contributed by atoms with Gasteiger partial charge >= 0.3 is 0 Å². The van der Waals surface area contributed by atoms with Crippen LogP contribution < -0.4 is 5.73 Å². The van der Waals surface area contributed by atoms with Gasteiger partial charge in [0, 0.05) is 5.69 Å². The van der Waals surface area contributed by atoms with Crippen LogP contribution >= 0.6 is 0 Å². The SMILES string of the molecule is Cc1ccc2nc(-c3c(C)cccc3N)oc2c1. The van der Waals surface area contributed by atoms with Crippen LogP contribution in [0.1, 0.15) is 11.1 Å². The average molecular weight is 238 g/mol. The molecule has 0 aliphatic carbocycles. The third kappa shape index (κ3) is 1.64. The molecule has 1 aromatic heterocycles. The van der Waals surface area contributed by atoms with E-state index in [-0.39, 0.29) is 0 Å². The molecule has 0 aliphatic rings. The number of benzene rings is 2. The van der Waals surface area contributed by atoms with E-state index < -0.39 is 0 Å². The second-order valence-electron chi connectivity index (χ2n) is 4.53. The normalized spacial score (nSPS) is 11.0. The number of hydrogen-bond donors (Lipinski definition) is 1. The molecule has 3 heteroatoms. The highest BCUT2D eigenvalue weighted by Crippen LogP contribution is 2.31. The van der Waals surface area contributed by atoms with E-state index in [1.165, 1.54) is 0 Å². The Balaban J connectivity index is 2.26. The first-order valence-corrected chi connectivity index (χ1v) is 5.88. The fourth-order valence-electron chi connectivity index (χ4n) is 2.12. The highest BCUT2D eigenvalue weighted by atomic mass is 16.3. The number of aromatic nitrogens is 1. The highest BCUT2D eigenvalue weighted by molar-refractivity contribution is 5.81. The Morgan fingerprint density at radius 1 is 1.11 bits per heavy atom. The van der Waals surface area contributed by atoms with Crippen molar-refractivity contribution in [2.75, 3.05) is 5.73 Å². The van der Waals surface area contributed by atoms with E-state index >= 15 is 0 Å². The van der Waals surface area contributed by atoms with Crippen LogP contribution in [-0.4, -0.2) is 4.98 Å². The molecule has 0 aliphatic heterocycles. The zero-order valence-corrected chi connectivity index (χ0v) is 10.4. The van der Waals surface area contributed by atoms with E-state index in [1.54, 1.807) is 0 Å². The van der Waals surface area contributed by atoms with E-state index in [0.29, 0.717) is 11.6 Å². The maximum absolute atomic E-state index is 6.01. The van der Waals surface area contributed by atoms with Gasteiger partial charge in [0.1, 0.15) is 5.52 Å².